The molecule has 0 radical (unpaired) electrons. The third-order valence-electron chi connectivity index (χ3n) is 4.98. The van der Waals surface area contributed by atoms with Crippen LogP contribution in [0.15, 0.2) is 66.0 Å². The molecule has 0 saturated carbocycles. The highest BCUT2D eigenvalue weighted by Gasteiger charge is 2.29. The van der Waals surface area contributed by atoms with E-state index in [1.54, 1.807) is 36.4 Å². The summed E-state index contributed by atoms with van der Waals surface area (Å²) in [6.07, 6.45) is 4.13. The van der Waals surface area contributed by atoms with E-state index in [1.165, 1.54) is 6.07 Å². The fourth-order valence-electron chi connectivity index (χ4n) is 3.54. The molecule has 1 aliphatic heterocycles. The van der Waals surface area contributed by atoms with Gasteiger partial charge in [-0.3, -0.25) is 0 Å². The zero-order valence-corrected chi connectivity index (χ0v) is 15.5. The molecule has 1 atom stereocenters. The standard InChI is InChI=1S/C23H20O5/c1-12(2)13-3-6-16(19(9-13)23(26)27)22-17-7-4-14(24)10-20(17)28-21-11-15(25)5-8-18(21)22/h3-12,14,24-25H,1-2H3,(H,26,27). The third kappa shape index (κ3) is 3.00. The van der Waals surface area contributed by atoms with Gasteiger partial charge in [-0.2, -0.15) is 0 Å². The molecule has 142 valence electrons. The van der Waals surface area contributed by atoms with Gasteiger partial charge in [0.1, 0.15) is 17.3 Å². The van der Waals surface area contributed by atoms with Gasteiger partial charge in [-0.05, 0) is 41.3 Å². The number of aromatic carboxylic acids is 1. The highest BCUT2D eigenvalue weighted by atomic mass is 16.5. The number of ether oxygens (including phenoxy) is 1. The number of benzene rings is 2. The minimum Gasteiger partial charge on any atom is -0.508 e. The van der Waals surface area contributed by atoms with Gasteiger partial charge in [0.25, 0.3) is 0 Å². The molecule has 1 unspecified atom stereocenters. The average molecular weight is 376 g/mol. The highest BCUT2D eigenvalue weighted by molar-refractivity contribution is 6.00. The molecule has 2 aromatic rings. The first kappa shape index (κ1) is 18.1. The van der Waals surface area contributed by atoms with Crippen LogP contribution in [0.25, 0.3) is 5.57 Å². The Morgan fingerprint density at radius 1 is 1.11 bits per heavy atom. The van der Waals surface area contributed by atoms with E-state index in [-0.39, 0.29) is 17.2 Å². The maximum absolute atomic E-state index is 12.1. The number of aliphatic hydroxyl groups is 1. The van der Waals surface area contributed by atoms with Gasteiger partial charge in [-0.1, -0.05) is 38.1 Å². The topological polar surface area (TPSA) is 87.0 Å². The number of allylic oxidation sites excluding steroid dienone is 1. The van der Waals surface area contributed by atoms with Crippen molar-refractivity contribution in [2.24, 2.45) is 0 Å². The minimum atomic E-state index is -1.01. The summed E-state index contributed by atoms with van der Waals surface area (Å²) in [6, 6.07) is 10.2. The lowest BCUT2D eigenvalue weighted by Crippen LogP contribution is -2.17. The molecule has 1 aliphatic carbocycles. The van der Waals surface area contributed by atoms with Gasteiger partial charge in [0.05, 0.1) is 11.7 Å². The van der Waals surface area contributed by atoms with Crippen molar-refractivity contribution in [1.82, 2.24) is 0 Å². The second-order valence-corrected chi connectivity index (χ2v) is 7.22. The smallest absolute Gasteiger partial charge is 0.336 e. The van der Waals surface area contributed by atoms with Gasteiger partial charge in [-0.25, -0.2) is 4.79 Å². The summed E-state index contributed by atoms with van der Waals surface area (Å²) in [7, 11) is 0. The molecule has 2 aromatic carbocycles. The van der Waals surface area contributed by atoms with Crippen LogP contribution in [0.5, 0.6) is 11.5 Å². The van der Waals surface area contributed by atoms with Crippen molar-refractivity contribution < 1.29 is 24.9 Å². The molecule has 3 N–H and O–H groups in total. The number of hydrogen-bond acceptors (Lipinski definition) is 4. The van der Waals surface area contributed by atoms with Gasteiger partial charge in [-0.15, -0.1) is 0 Å². The van der Waals surface area contributed by atoms with Crippen molar-refractivity contribution in [3.8, 4) is 11.5 Å². The highest BCUT2D eigenvalue weighted by Crippen LogP contribution is 2.45. The fourth-order valence-corrected chi connectivity index (χ4v) is 3.54. The molecule has 0 saturated heterocycles. The van der Waals surface area contributed by atoms with Crippen LogP contribution in [0.3, 0.4) is 0 Å². The van der Waals surface area contributed by atoms with Crippen molar-refractivity contribution >= 4 is 11.5 Å². The normalized spacial score (nSPS) is 17.7. The summed E-state index contributed by atoms with van der Waals surface area (Å²) in [4.78, 5) is 12.1. The SMILES string of the molecule is CC(C)c1ccc(C2=C3C=CC(O)C=C3Oc3cc(O)ccc32)c(C(=O)O)c1. The second-order valence-electron chi connectivity index (χ2n) is 7.22. The minimum absolute atomic E-state index is 0.0441. The van der Waals surface area contributed by atoms with Crippen LogP contribution >= 0.6 is 0 Å². The Morgan fingerprint density at radius 2 is 1.86 bits per heavy atom. The quantitative estimate of drug-likeness (QED) is 0.746. The third-order valence-corrected chi connectivity index (χ3v) is 4.98. The average Bonchev–Trinajstić information content (AvgIpc) is 2.65. The molecule has 0 bridgehead atoms. The Kier molecular flexibility index (Phi) is 4.32. The van der Waals surface area contributed by atoms with Crippen LogP contribution in [-0.2, 0) is 0 Å². The summed E-state index contributed by atoms with van der Waals surface area (Å²) in [5.41, 5.74) is 3.79. The zero-order chi connectivity index (χ0) is 20.0. The molecule has 0 fully saturated rings. The van der Waals surface area contributed by atoms with Crippen LogP contribution < -0.4 is 4.74 Å². The van der Waals surface area contributed by atoms with Crippen molar-refractivity contribution in [2.75, 3.05) is 0 Å². The van der Waals surface area contributed by atoms with Crippen molar-refractivity contribution in [1.29, 1.82) is 0 Å². The lowest BCUT2D eigenvalue weighted by molar-refractivity contribution is 0.0696. The first-order chi connectivity index (χ1) is 13.3. The van der Waals surface area contributed by atoms with E-state index >= 15 is 0 Å². The predicted molar refractivity (Wildman–Crippen MR) is 105 cm³/mol. The molecular formula is C23H20O5. The van der Waals surface area contributed by atoms with Crippen molar-refractivity contribution in [3.63, 3.8) is 0 Å². The lowest BCUT2D eigenvalue weighted by Gasteiger charge is -2.28. The Balaban J connectivity index is 2.03. The number of aliphatic hydroxyl groups excluding tert-OH is 1. The van der Waals surface area contributed by atoms with E-state index in [2.05, 4.69) is 0 Å². The van der Waals surface area contributed by atoms with Crippen LogP contribution in [0.1, 0.15) is 46.8 Å². The van der Waals surface area contributed by atoms with E-state index in [0.29, 0.717) is 33.8 Å². The van der Waals surface area contributed by atoms with Gasteiger partial charge < -0.3 is 20.1 Å². The number of carboxylic acid groups (broad SMARTS) is 1. The molecule has 4 rings (SSSR count). The van der Waals surface area contributed by atoms with E-state index in [1.807, 2.05) is 26.0 Å². The van der Waals surface area contributed by atoms with E-state index in [0.717, 1.165) is 5.56 Å². The van der Waals surface area contributed by atoms with Crippen LogP contribution in [-0.4, -0.2) is 27.4 Å². The number of aromatic hydroxyl groups is 1. The molecule has 1 heterocycles. The van der Waals surface area contributed by atoms with Gasteiger partial charge in [0.2, 0.25) is 0 Å². The Morgan fingerprint density at radius 3 is 2.57 bits per heavy atom. The first-order valence-electron chi connectivity index (χ1n) is 9.06. The molecule has 5 nitrogen and oxygen atoms in total. The number of phenolic OH excluding ortho intramolecular Hbond substituents is 1. The van der Waals surface area contributed by atoms with Crippen molar-refractivity contribution in [3.05, 3.63) is 88.2 Å². The molecule has 0 aromatic heterocycles. The lowest BCUT2D eigenvalue weighted by atomic mass is 9.84. The summed E-state index contributed by atoms with van der Waals surface area (Å²) < 4.78 is 5.89. The molecule has 28 heavy (non-hydrogen) atoms. The number of rotatable bonds is 3. The number of carbonyl (C=O) groups is 1. The molecule has 0 spiro atoms. The molecule has 2 aliphatic rings. The molecular weight excluding hydrogens is 356 g/mol. The summed E-state index contributed by atoms with van der Waals surface area (Å²) in [5.74, 6) is 0.0819. The summed E-state index contributed by atoms with van der Waals surface area (Å²) in [6.45, 7) is 4.03. The zero-order valence-electron chi connectivity index (χ0n) is 15.5. The molecule has 0 amide bonds. The van der Waals surface area contributed by atoms with Gasteiger partial charge >= 0.3 is 5.97 Å². The van der Waals surface area contributed by atoms with Crippen LogP contribution in [0.2, 0.25) is 0 Å². The van der Waals surface area contributed by atoms with Crippen LogP contribution in [0.4, 0.5) is 0 Å². The monoisotopic (exact) mass is 376 g/mol. The van der Waals surface area contributed by atoms with Crippen molar-refractivity contribution in [2.45, 2.75) is 25.9 Å². The number of carboxylic acids is 1. The molecule has 5 heteroatoms. The number of fused-ring (bicyclic) bond motifs is 2. The largest absolute Gasteiger partial charge is 0.508 e. The Labute approximate surface area is 162 Å². The predicted octanol–water partition coefficient (Wildman–Crippen LogP) is 4.22. The van der Waals surface area contributed by atoms with E-state index in [4.69, 9.17) is 4.74 Å². The summed E-state index contributed by atoms with van der Waals surface area (Å²) in [5, 5.41) is 29.7. The first-order valence-corrected chi connectivity index (χ1v) is 9.06. The Bertz CT molecular complexity index is 1070. The maximum atomic E-state index is 12.1. The van der Waals surface area contributed by atoms with E-state index in [9.17, 15) is 20.1 Å². The Hall–Kier alpha value is -3.31. The van der Waals surface area contributed by atoms with Crippen LogP contribution in [0, 0.1) is 0 Å². The maximum Gasteiger partial charge on any atom is 0.336 e. The van der Waals surface area contributed by atoms with Gasteiger partial charge in [0, 0.05) is 22.8 Å². The van der Waals surface area contributed by atoms with Gasteiger partial charge in [0.15, 0.2) is 0 Å². The summed E-state index contributed by atoms with van der Waals surface area (Å²) >= 11 is 0. The fraction of sp³-hybridized carbons (Fsp3) is 0.174. The number of hydrogen-bond donors (Lipinski definition) is 3. The van der Waals surface area contributed by atoms with E-state index < -0.39 is 12.1 Å². The number of phenols is 1. The second kappa shape index (κ2) is 6.69.